The fourth-order valence-electron chi connectivity index (χ4n) is 1.65. The lowest BCUT2D eigenvalue weighted by atomic mass is 10.1. The average molecular weight is 203 g/mol. The number of halogens is 1. The minimum absolute atomic E-state index is 0.133. The number of nitrogens with zero attached hydrogens (tertiary/aromatic N) is 1. The lowest BCUT2D eigenvalue weighted by molar-refractivity contribution is 0.599. The van der Waals surface area contributed by atoms with Gasteiger partial charge < -0.3 is 4.57 Å². The molecule has 1 atom stereocenters. The van der Waals surface area contributed by atoms with Gasteiger partial charge in [0.25, 0.3) is 0 Å². The summed E-state index contributed by atoms with van der Waals surface area (Å²) in [5.41, 5.74) is 1.69. The van der Waals surface area contributed by atoms with Gasteiger partial charge in [-0.2, -0.15) is 0 Å². The molecule has 0 bridgehead atoms. The third-order valence-electron chi connectivity index (χ3n) is 2.75. The highest BCUT2D eigenvalue weighted by atomic mass is 19.1. The summed E-state index contributed by atoms with van der Waals surface area (Å²) < 4.78 is 15.4. The maximum atomic E-state index is 13.4. The Morgan fingerprint density at radius 1 is 1.20 bits per heavy atom. The van der Waals surface area contributed by atoms with Crippen LogP contribution in [0.4, 0.5) is 4.39 Å². The molecule has 2 aromatic rings. The summed E-state index contributed by atoms with van der Waals surface area (Å²) in [6.07, 6.45) is 3.98. The van der Waals surface area contributed by atoms with E-state index in [1.165, 1.54) is 0 Å². The maximum Gasteiger partial charge on any atom is 0.126 e. The van der Waals surface area contributed by atoms with Gasteiger partial charge in [0.15, 0.2) is 0 Å². The first-order valence-electron chi connectivity index (χ1n) is 5.07. The Morgan fingerprint density at radius 2 is 1.87 bits per heavy atom. The van der Waals surface area contributed by atoms with Crippen molar-refractivity contribution in [2.75, 3.05) is 0 Å². The van der Waals surface area contributed by atoms with E-state index in [1.54, 1.807) is 13.0 Å². The summed E-state index contributed by atoms with van der Waals surface area (Å²) >= 11 is 0. The molecule has 0 aliphatic carbocycles. The first kappa shape index (κ1) is 9.97. The van der Waals surface area contributed by atoms with Crippen molar-refractivity contribution in [3.63, 3.8) is 0 Å². The molecule has 0 radical (unpaired) electrons. The number of aryl methyl sites for hydroxylation is 1. The second kappa shape index (κ2) is 3.89. The van der Waals surface area contributed by atoms with Gasteiger partial charge in [-0.05, 0) is 43.2 Å². The first-order chi connectivity index (χ1) is 7.18. The molecule has 78 valence electrons. The summed E-state index contributed by atoms with van der Waals surface area (Å²) in [5, 5.41) is 0. The van der Waals surface area contributed by atoms with Gasteiger partial charge in [-0.3, -0.25) is 0 Å². The zero-order chi connectivity index (χ0) is 10.8. The highest BCUT2D eigenvalue weighted by molar-refractivity contribution is 5.26. The predicted octanol–water partition coefficient (Wildman–Crippen LogP) is 3.54. The van der Waals surface area contributed by atoms with Crippen LogP contribution in [0.1, 0.15) is 24.1 Å². The van der Waals surface area contributed by atoms with E-state index >= 15 is 0 Å². The molecule has 0 spiro atoms. The van der Waals surface area contributed by atoms with Crippen molar-refractivity contribution in [2.45, 2.75) is 19.9 Å². The number of hydrogen-bond acceptors (Lipinski definition) is 0. The van der Waals surface area contributed by atoms with Crippen molar-refractivity contribution in [1.82, 2.24) is 4.57 Å². The summed E-state index contributed by atoms with van der Waals surface area (Å²) in [6, 6.07) is 9.53. The standard InChI is InChI=1S/C13H14FN/c1-10-5-6-12(9-13(10)14)11(2)15-7-3-4-8-15/h3-9,11H,1-2H3. The maximum absolute atomic E-state index is 13.4. The van der Waals surface area contributed by atoms with Gasteiger partial charge in [-0.25, -0.2) is 4.39 Å². The zero-order valence-corrected chi connectivity index (χ0v) is 8.94. The highest BCUT2D eigenvalue weighted by Crippen LogP contribution is 2.20. The molecule has 0 amide bonds. The van der Waals surface area contributed by atoms with E-state index in [0.717, 1.165) is 5.56 Å². The third-order valence-corrected chi connectivity index (χ3v) is 2.75. The van der Waals surface area contributed by atoms with Crippen LogP contribution in [0.15, 0.2) is 42.7 Å². The van der Waals surface area contributed by atoms with Crippen LogP contribution in [0.5, 0.6) is 0 Å². The summed E-state index contributed by atoms with van der Waals surface area (Å²) in [4.78, 5) is 0. The fourth-order valence-corrected chi connectivity index (χ4v) is 1.65. The molecule has 15 heavy (non-hydrogen) atoms. The molecule has 0 fully saturated rings. The Balaban J connectivity index is 2.34. The Bertz CT molecular complexity index is 446. The SMILES string of the molecule is Cc1ccc(C(C)n2cccc2)cc1F. The van der Waals surface area contributed by atoms with E-state index in [0.29, 0.717) is 5.56 Å². The van der Waals surface area contributed by atoms with Gasteiger partial charge >= 0.3 is 0 Å². The molecule has 1 aromatic heterocycles. The molecule has 1 nitrogen and oxygen atoms in total. The summed E-state index contributed by atoms with van der Waals surface area (Å²) in [7, 11) is 0. The molecule has 1 aromatic carbocycles. The van der Waals surface area contributed by atoms with Crippen LogP contribution in [-0.4, -0.2) is 4.57 Å². The van der Waals surface area contributed by atoms with Gasteiger partial charge in [0, 0.05) is 12.4 Å². The van der Waals surface area contributed by atoms with Crippen LogP contribution in [0.25, 0.3) is 0 Å². The van der Waals surface area contributed by atoms with Crippen LogP contribution >= 0.6 is 0 Å². The number of rotatable bonds is 2. The minimum atomic E-state index is -0.133. The average Bonchev–Trinajstić information content (AvgIpc) is 2.74. The van der Waals surface area contributed by atoms with Crippen molar-refractivity contribution in [1.29, 1.82) is 0 Å². The van der Waals surface area contributed by atoms with Crippen LogP contribution < -0.4 is 0 Å². The summed E-state index contributed by atoms with van der Waals surface area (Å²) in [6.45, 7) is 3.84. The largest absolute Gasteiger partial charge is 0.347 e. The molecule has 0 N–H and O–H groups in total. The molecule has 0 saturated carbocycles. The van der Waals surface area contributed by atoms with E-state index in [4.69, 9.17) is 0 Å². The van der Waals surface area contributed by atoms with E-state index in [-0.39, 0.29) is 11.9 Å². The molecule has 0 saturated heterocycles. The van der Waals surface area contributed by atoms with Crippen molar-refractivity contribution in [3.05, 3.63) is 59.7 Å². The normalized spacial score (nSPS) is 12.7. The summed E-state index contributed by atoms with van der Waals surface area (Å²) in [5.74, 6) is -0.133. The van der Waals surface area contributed by atoms with Gasteiger partial charge in [0.2, 0.25) is 0 Å². The molecule has 2 heteroatoms. The molecule has 2 rings (SSSR count). The monoisotopic (exact) mass is 203 g/mol. The van der Waals surface area contributed by atoms with Crippen molar-refractivity contribution < 1.29 is 4.39 Å². The number of hydrogen-bond donors (Lipinski definition) is 0. The van der Waals surface area contributed by atoms with Gasteiger partial charge in [0.1, 0.15) is 5.82 Å². The Morgan fingerprint density at radius 3 is 2.47 bits per heavy atom. The smallest absolute Gasteiger partial charge is 0.126 e. The van der Waals surface area contributed by atoms with Crippen molar-refractivity contribution in [3.8, 4) is 0 Å². The Labute approximate surface area is 89.2 Å². The van der Waals surface area contributed by atoms with E-state index < -0.39 is 0 Å². The lowest BCUT2D eigenvalue weighted by Gasteiger charge is -2.14. The third kappa shape index (κ3) is 1.94. The highest BCUT2D eigenvalue weighted by Gasteiger charge is 2.08. The lowest BCUT2D eigenvalue weighted by Crippen LogP contribution is -2.04. The quantitative estimate of drug-likeness (QED) is 0.703. The number of aromatic nitrogens is 1. The van der Waals surface area contributed by atoms with E-state index in [1.807, 2.05) is 36.7 Å². The Kier molecular flexibility index (Phi) is 2.58. The molecular formula is C13H14FN. The Hall–Kier alpha value is -1.57. The molecular weight excluding hydrogens is 189 g/mol. The molecule has 0 aliphatic rings. The second-order valence-corrected chi connectivity index (χ2v) is 3.81. The number of benzene rings is 1. The van der Waals surface area contributed by atoms with Crippen molar-refractivity contribution >= 4 is 0 Å². The van der Waals surface area contributed by atoms with Crippen molar-refractivity contribution in [2.24, 2.45) is 0 Å². The van der Waals surface area contributed by atoms with Crippen LogP contribution in [0.2, 0.25) is 0 Å². The van der Waals surface area contributed by atoms with Crippen LogP contribution in [0, 0.1) is 12.7 Å². The second-order valence-electron chi connectivity index (χ2n) is 3.81. The van der Waals surface area contributed by atoms with Gasteiger partial charge in [0.05, 0.1) is 6.04 Å². The van der Waals surface area contributed by atoms with Crippen LogP contribution in [0.3, 0.4) is 0 Å². The zero-order valence-electron chi connectivity index (χ0n) is 8.94. The minimum Gasteiger partial charge on any atom is -0.347 e. The van der Waals surface area contributed by atoms with Gasteiger partial charge in [-0.1, -0.05) is 12.1 Å². The predicted molar refractivity (Wildman–Crippen MR) is 59.4 cm³/mol. The fraction of sp³-hybridized carbons (Fsp3) is 0.231. The topological polar surface area (TPSA) is 4.93 Å². The molecule has 1 unspecified atom stereocenters. The van der Waals surface area contributed by atoms with E-state index in [2.05, 4.69) is 11.5 Å². The molecule has 0 aliphatic heterocycles. The van der Waals surface area contributed by atoms with E-state index in [9.17, 15) is 4.39 Å². The molecule has 1 heterocycles. The first-order valence-corrected chi connectivity index (χ1v) is 5.07. The van der Waals surface area contributed by atoms with Gasteiger partial charge in [-0.15, -0.1) is 0 Å². The van der Waals surface area contributed by atoms with Crippen LogP contribution in [-0.2, 0) is 0 Å².